The predicted octanol–water partition coefficient (Wildman–Crippen LogP) is 3.28. The summed E-state index contributed by atoms with van der Waals surface area (Å²) in [5.74, 6) is 1.83. The number of nitrogens with zero attached hydrogens (tertiary/aromatic N) is 1. The van der Waals surface area contributed by atoms with Gasteiger partial charge in [0.1, 0.15) is 0 Å². The Morgan fingerprint density at radius 2 is 1.89 bits per heavy atom. The lowest BCUT2D eigenvalue weighted by Crippen LogP contribution is -2.64. The molecule has 0 aromatic rings. The van der Waals surface area contributed by atoms with Gasteiger partial charge in [0.2, 0.25) is 0 Å². The predicted molar refractivity (Wildman–Crippen MR) is 78.9 cm³/mol. The smallest absolute Gasteiger partial charge is 0.0304 e. The fourth-order valence-corrected chi connectivity index (χ4v) is 3.35. The first-order valence-electron chi connectivity index (χ1n) is 8.09. The topological polar surface area (TPSA) is 15.3 Å². The molecule has 1 heterocycles. The van der Waals surface area contributed by atoms with Gasteiger partial charge in [-0.15, -0.1) is 0 Å². The molecule has 2 rings (SSSR count). The highest BCUT2D eigenvalue weighted by molar-refractivity contribution is 5.01. The first-order chi connectivity index (χ1) is 8.60. The molecule has 106 valence electrons. The van der Waals surface area contributed by atoms with Crippen LogP contribution in [0.15, 0.2) is 0 Å². The van der Waals surface area contributed by atoms with E-state index in [2.05, 4.69) is 37.9 Å². The van der Waals surface area contributed by atoms with E-state index in [0.717, 1.165) is 17.9 Å². The number of nitrogens with one attached hydrogen (secondary N) is 1. The largest absolute Gasteiger partial charge is 0.308 e. The van der Waals surface area contributed by atoms with Crippen molar-refractivity contribution in [1.82, 2.24) is 10.2 Å². The monoisotopic (exact) mass is 252 g/mol. The second kappa shape index (κ2) is 5.92. The van der Waals surface area contributed by atoms with E-state index in [4.69, 9.17) is 0 Å². The highest BCUT2D eigenvalue weighted by Crippen LogP contribution is 2.38. The standard InChI is InChI=1S/C16H32N2/c1-5-16(6-2)12-18(10-9-13(3)4)15(11-17-16)14-7-8-14/h13-15,17H,5-12H2,1-4H3. The minimum absolute atomic E-state index is 0.391. The molecule has 0 amide bonds. The number of rotatable bonds is 6. The molecule has 1 aliphatic heterocycles. The van der Waals surface area contributed by atoms with Crippen molar-refractivity contribution >= 4 is 0 Å². The second-order valence-electron chi connectivity index (χ2n) is 6.93. The Morgan fingerprint density at radius 3 is 2.39 bits per heavy atom. The molecule has 2 fully saturated rings. The molecule has 0 aromatic heterocycles. The first kappa shape index (κ1) is 14.3. The summed E-state index contributed by atoms with van der Waals surface area (Å²) >= 11 is 0. The zero-order valence-electron chi connectivity index (χ0n) is 12.8. The summed E-state index contributed by atoms with van der Waals surface area (Å²) in [5.41, 5.74) is 0.391. The van der Waals surface area contributed by atoms with Gasteiger partial charge in [-0.25, -0.2) is 0 Å². The second-order valence-corrected chi connectivity index (χ2v) is 6.93. The Balaban J connectivity index is 1.98. The van der Waals surface area contributed by atoms with Gasteiger partial charge in [-0.05, 0) is 50.5 Å². The summed E-state index contributed by atoms with van der Waals surface area (Å²) in [4.78, 5) is 2.82. The average Bonchev–Trinajstić information content (AvgIpc) is 3.20. The van der Waals surface area contributed by atoms with Gasteiger partial charge in [0.05, 0.1) is 0 Å². The number of hydrogen-bond donors (Lipinski definition) is 1. The van der Waals surface area contributed by atoms with Crippen LogP contribution in [0.5, 0.6) is 0 Å². The van der Waals surface area contributed by atoms with E-state index < -0.39 is 0 Å². The van der Waals surface area contributed by atoms with Crippen molar-refractivity contribution in [2.45, 2.75) is 71.4 Å². The molecule has 1 saturated carbocycles. The molecule has 2 nitrogen and oxygen atoms in total. The molecule has 1 N–H and O–H groups in total. The van der Waals surface area contributed by atoms with E-state index >= 15 is 0 Å². The maximum Gasteiger partial charge on any atom is 0.0304 e. The average molecular weight is 252 g/mol. The van der Waals surface area contributed by atoms with Crippen LogP contribution >= 0.6 is 0 Å². The summed E-state index contributed by atoms with van der Waals surface area (Å²) < 4.78 is 0. The van der Waals surface area contributed by atoms with Crippen molar-refractivity contribution in [2.75, 3.05) is 19.6 Å². The quantitative estimate of drug-likeness (QED) is 0.780. The van der Waals surface area contributed by atoms with E-state index in [1.54, 1.807) is 0 Å². The van der Waals surface area contributed by atoms with Crippen molar-refractivity contribution < 1.29 is 0 Å². The van der Waals surface area contributed by atoms with Crippen molar-refractivity contribution in [2.24, 2.45) is 11.8 Å². The molecule has 1 aliphatic carbocycles. The lowest BCUT2D eigenvalue weighted by molar-refractivity contribution is 0.0584. The van der Waals surface area contributed by atoms with Crippen LogP contribution in [-0.4, -0.2) is 36.1 Å². The van der Waals surface area contributed by atoms with Gasteiger partial charge in [-0.1, -0.05) is 27.7 Å². The van der Waals surface area contributed by atoms with E-state index in [-0.39, 0.29) is 0 Å². The molecule has 2 aliphatic rings. The van der Waals surface area contributed by atoms with Crippen LogP contribution in [0.1, 0.15) is 59.8 Å². The normalized spacial score (nSPS) is 28.8. The van der Waals surface area contributed by atoms with E-state index in [1.165, 1.54) is 51.7 Å². The Kier molecular flexibility index (Phi) is 4.71. The highest BCUT2D eigenvalue weighted by atomic mass is 15.3. The lowest BCUT2D eigenvalue weighted by Gasteiger charge is -2.48. The minimum Gasteiger partial charge on any atom is -0.308 e. The summed E-state index contributed by atoms with van der Waals surface area (Å²) in [5, 5.41) is 3.88. The van der Waals surface area contributed by atoms with Crippen molar-refractivity contribution in [3.63, 3.8) is 0 Å². The molecule has 0 spiro atoms. The fourth-order valence-electron chi connectivity index (χ4n) is 3.35. The molecule has 0 aromatic carbocycles. The van der Waals surface area contributed by atoms with E-state index in [0.29, 0.717) is 5.54 Å². The Labute approximate surface area is 114 Å². The van der Waals surface area contributed by atoms with Gasteiger partial charge in [0.25, 0.3) is 0 Å². The summed E-state index contributed by atoms with van der Waals surface area (Å²) in [6.07, 6.45) is 6.82. The van der Waals surface area contributed by atoms with Gasteiger partial charge in [0, 0.05) is 24.7 Å². The van der Waals surface area contributed by atoms with Crippen LogP contribution in [0.3, 0.4) is 0 Å². The van der Waals surface area contributed by atoms with Crippen LogP contribution in [0, 0.1) is 11.8 Å². The Hall–Kier alpha value is -0.0800. The number of hydrogen-bond acceptors (Lipinski definition) is 2. The minimum atomic E-state index is 0.391. The molecule has 18 heavy (non-hydrogen) atoms. The zero-order chi connectivity index (χ0) is 13.2. The van der Waals surface area contributed by atoms with Crippen LogP contribution < -0.4 is 5.32 Å². The SMILES string of the molecule is CCC1(CC)CN(CCC(C)C)C(C2CC2)CN1. The van der Waals surface area contributed by atoms with Crippen LogP contribution in [0.25, 0.3) is 0 Å². The third-order valence-corrected chi connectivity index (χ3v) is 5.17. The molecule has 0 bridgehead atoms. The Morgan fingerprint density at radius 1 is 1.22 bits per heavy atom. The van der Waals surface area contributed by atoms with Gasteiger partial charge in [-0.3, -0.25) is 4.90 Å². The fraction of sp³-hybridized carbons (Fsp3) is 1.00. The van der Waals surface area contributed by atoms with Crippen LogP contribution in [0.2, 0.25) is 0 Å². The van der Waals surface area contributed by atoms with Crippen molar-refractivity contribution in [1.29, 1.82) is 0 Å². The van der Waals surface area contributed by atoms with Crippen LogP contribution in [-0.2, 0) is 0 Å². The van der Waals surface area contributed by atoms with Crippen LogP contribution in [0.4, 0.5) is 0 Å². The number of piperazine rings is 1. The molecule has 1 unspecified atom stereocenters. The summed E-state index contributed by atoms with van der Waals surface area (Å²) in [6, 6.07) is 0.829. The summed E-state index contributed by atoms with van der Waals surface area (Å²) in [6.45, 7) is 13.2. The zero-order valence-corrected chi connectivity index (χ0v) is 12.8. The molecular formula is C16H32N2. The molecule has 2 heteroatoms. The van der Waals surface area contributed by atoms with Crippen molar-refractivity contribution in [3.05, 3.63) is 0 Å². The first-order valence-corrected chi connectivity index (χ1v) is 8.09. The van der Waals surface area contributed by atoms with E-state index in [9.17, 15) is 0 Å². The van der Waals surface area contributed by atoms with Gasteiger partial charge < -0.3 is 5.32 Å². The maximum atomic E-state index is 3.88. The third kappa shape index (κ3) is 3.27. The molecule has 1 saturated heterocycles. The van der Waals surface area contributed by atoms with Gasteiger partial charge >= 0.3 is 0 Å². The highest BCUT2D eigenvalue weighted by Gasteiger charge is 2.42. The Bertz CT molecular complexity index is 254. The third-order valence-electron chi connectivity index (χ3n) is 5.17. The van der Waals surface area contributed by atoms with Crippen molar-refractivity contribution in [3.8, 4) is 0 Å². The lowest BCUT2D eigenvalue weighted by atomic mass is 9.87. The molecule has 0 radical (unpaired) electrons. The molecule has 1 atom stereocenters. The molecular weight excluding hydrogens is 220 g/mol. The summed E-state index contributed by atoms with van der Waals surface area (Å²) in [7, 11) is 0. The van der Waals surface area contributed by atoms with Gasteiger partial charge in [-0.2, -0.15) is 0 Å². The van der Waals surface area contributed by atoms with E-state index in [1.807, 2.05) is 0 Å². The maximum absolute atomic E-state index is 3.88. The van der Waals surface area contributed by atoms with Gasteiger partial charge in [0.15, 0.2) is 0 Å².